The smallest absolute Gasteiger partial charge is 0.240 e. The van der Waals surface area contributed by atoms with Crippen LogP contribution in [-0.2, 0) is 27.6 Å². The number of likely N-dealkylation sites (N-methyl/N-ethyl adjacent to an activating group) is 1. The Balaban J connectivity index is 1.57. The third-order valence-corrected chi connectivity index (χ3v) is 5.94. The molecule has 0 saturated carbocycles. The van der Waals surface area contributed by atoms with Gasteiger partial charge in [0, 0.05) is 19.6 Å². The molecule has 3 rings (SSSR count). The zero-order valence-corrected chi connectivity index (χ0v) is 13.9. The Labute approximate surface area is 132 Å². The van der Waals surface area contributed by atoms with Crippen molar-refractivity contribution in [1.82, 2.24) is 9.62 Å². The van der Waals surface area contributed by atoms with E-state index in [0.29, 0.717) is 17.9 Å². The molecular weight excluding hydrogens is 300 g/mol. The molecule has 0 bridgehead atoms. The molecule has 1 aromatic rings. The molecule has 1 fully saturated rings. The molecule has 2 aliphatic rings. The van der Waals surface area contributed by atoms with Crippen LogP contribution >= 0.6 is 0 Å². The topological polar surface area (TPSA) is 58.6 Å². The lowest BCUT2D eigenvalue weighted by atomic mass is 10.1. The molecule has 1 saturated heterocycles. The van der Waals surface area contributed by atoms with Gasteiger partial charge < -0.3 is 9.64 Å². The lowest BCUT2D eigenvalue weighted by Gasteiger charge is -2.30. The van der Waals surface area contributed by atoms with Crippen molar-refractivity contribution in [1.29, 1.82) is 0 Å². The Morgan fingerprint density at radius 1 is 1.32 bits per heavy atom. The fourth-order valence-electron chi connectivity index (χ4n) is 3.19. The third-order valence-electron chi connectivity index (χ3n) is 4.48. The zero-order valence-electron chi connectivity index (χ0n) is 13.0. The maximum Gasteiger partial charge on any atom is 0.240 e. The fourth-order valence-corrected chi connectivity index (χ4v) is 4.29. The summed E-state index contributed by atoms with van der Waals surface area (Å²) in [5, 5.41) is 0. The molecule has 0 aromatic heterocycles. The minimum absolute atomic E-state index is 0.112. The van der Waals surface area contributed by atoms with Gasteiger partial charge in [-0.25, -0.2) is 13.1 Å². The van der Waals surface area contributed by atoms with Crippen molar-refractivity contribution in [3.63, 3.8) is 0 Å². The molecule has 1 heterocycles. The number of aryl methyl sites for hydroxylation is 2. The monoisotopic (exact) mass is 324 g/mol. The van der Waals surface area contributed by atoms with Crippen molar-refractivity contribution in [2.45, 2.75) is 36.7 Å². The van der Waals surface area contributed by atoms with E-state index in [9.17, 15) is 8.42 Å². The van der Waals surface area contributed by atoms with E-state index in [0.717, 1.165) is 39.0 Å². The number of morpholine rings is 1. The van der Waals surface area contributed by atoms with Crippen LogP contribution < -0.4 is 4.72 Å². The van der Waals surface area contributed by atoms with Crippen LogP contribution in [-0.4, -0.2) is 52.7 Å². The van der Waals surface area contributed by atoms with Gasteiger partial charge in [0.25, 0.3) is 0 Å². The molecule has 0 radical (unpaired) electrons. The molecule has 1 aliphatic heterocycles. The van der Waals surface area contributed by atoms with Gasteiger partial charge in [-0.15, -0.1) is 0 Å². The quantitative estimate of drug-likeness (QED) is 0.883. The summed E-state index contributed by atoms with van der Waals surface area (Å²) in [6.45, 7) is 2.94. The molecule has 6 heteroatoms. The number of ether oxygens (including phenoxy) is 1. The number of sulfonamides is 1. The van der Waals surface area contributed by atoms with Crippen LogP contribution in [0, 0.1) is 0 Å². The second-order valence-electron chi connectivity index (χ2n) is 6.23. The van der Waals surface area contributed by atoms with Gasteiger partial charge in [-0.1, -0.05) is 6.07 Å². The van der Waals surface area contributed by atoms with E-state index in [4.69, 9.17) is 4.74 Å². The molecule has 5 nitrogen and oxygen atoms in total. The summed E-state index contributed by atoms with van der Waals surface area (Å²) in [5.41, 5.74) is 2.47. The second kappa shape index (κ2) is 6.66. The first-order valence-electron chi connectivity index (χ1n) is 7.96. The molecule has 122 valence electrons. The standard InChI is InChI=1S/C16H24N2O3S/c1-18-9-10-21-15(12-18)7-8-17-22(19,20)16-6-5-13-3-2-4-14(13)11-16/h5-6,11,15,17H,2-4,7-10,12H2,1H3. The number of nitrogens with one attached hydrogen (secondary N) is 1. The second-order valence-corrected chi connectivity index (χ2v) is 7.99. The summed E-state index contributed by atoms with van der Waals surface area (Å²) in [4.78, 5) is 2.60. The van der Waals surface area contributed by atoms with Crippen molar-refractivity contribution in [3.8, 4) is 0 Å². The number of rotatable bonds is 5. The van der Waals surface area contributed by atoms with Crippen molar-refractivity contribution in [2.24, 2.45) is 0 Å². The predicted octanol–water partition coefficient (Wildman–Crippen LogP) is 1.17. The first kappa shape index (κ1) is 15.9. The molecule has 1 N–H and O–H groups in total. The number of hydrogen-bond acceptors (Lipinski definition) is 4. The van der Waals surface area contributed by atoms with Crippen LogP contribution in [0.5, 0.6) is 0 Å². The molecular formula is C16H24N2O3S. The summed E-state index contributed by atoms with van der Waals surface area (Å²) in [6.07, 6.45) is 3.99. The molecule has 0 amide bonds. The van der Waals surface area contributed by atoms with Crippen LogP contribution in [0.1, 0.15) is 24.0 Å². The Morgan fingerprint density at radius 3 is 2.95 bits per heavy atom. The molecule has 1 aromatic carbocycles. The lowest BCUT2D eigenvalue weighted by molar-refractivity contribution is -0.0222. The van der Waals surface area contributed by atoms with Gasteiger partial charge in [-0.3, -0.25) is 0 Å². The van der Waals surface area contributed by atoms with Gasteiger partial charge in [0.2, 0.25) is 10.0 Å². The van der Waals surface area contributed by atoms with Crippen LogP contribution in [0.15, 0.2) is 23.1 Å². The Morgan fingerprint density at radius 2 is 2.14 bits per heavy atom. The summed E-state index contributed by atoms with van der Waals surface area (Å²) in [6, 6.07) is 5.50. The van der Waals surface area contributed by atoms with E-state index in [1.54, 1.807) is 6.07 Å². The van der Waals surface area contributed by atoms with E-state index in [2.05, 4.69) is 16.7 Å². The van der Waals surface area contributed by atoms with Gasteiger partial charge in [0.05, 0.1) is 17.6 Å². The van der Waals surface area contributed by atoms with Crippen molar-refractivity contribution in [3.05, 3.63) is 29.3 Å². The number of benzene rings is 1. The van der Waals surface area contributed by atoms with E-state index in [1.807, 2.05) is 12.1 Å². The molecule has 22 heavy (non-hydrogen) atoms. The van der Waals surface area contributed by atoms with Gasteiger partial charge in [0.1, 0.15) is 0 Å². The summed E-state index contributed by atoms with van der Waals surface area (Å²) in [7, 11) is -1.36. The van der Waals surface area contributed by atoms with Gasteiger partial charge in [-0.05, 0) is 56.0 Å². The van der Waals surface area contributed by atoms with Crippen LogP contribution in [0.2, 0.25) is 0 Å². The Hall–Kier alpha value is -0.950. The van der Waals surface area contributed by atoms with Crippen LogP contribution in [0.4, 0.5) is 0 Å². The first-order valence-corrected chi connectivity index (χ1v) is 9.44. The molecule has 1 unspecified atom stereocenters. The Bertz CT molecular complexity index is 630. The highest BCUT2D eigenvalue weighted by atomic mass is 32.2. The van der Waals surface area contributed by atoms with Gasteiger partial charge in [0.15, 0.2) is 0 Å². The number of fused-ring (bicyclic) bond motifs is 1. The SMILES string of the molecule is CN1CCOC(CCNS(=O)(=O)c2ccc3c(c2)CCC3)C1. The van der Waals surface area contributed by atoms with Crippen molar-refractivity contribution in [2.75, 3.05) is 33.3 Å². The van der Waals surface area contributed by atoms with Gasteiger partial charge in [-0.2, -0.15) is 0 Å². The van der Waals surface area contributed by atoms with Gasteiger partial charge >= 0.3 is 0 Å². The van der Waals surface area contributed by atoms with E-state index in [-0.39, 0.29) is 6.10 Å². The summed E-state index contributed by atoms with van der Waals surface area (Å²) in [5.74, 6) is 0. The molecule has 1 atom stereocenters. The first-order chi connectivity index (χ1) is 10.5. The predicted molar refractivity (Wildman–Crippen MR) is 85.5 cm³/mol. The van der Waals surface area contributed by atoms with E-state index in [1.165, 1.54) is 11.1 Å². The summed E-state index contributed by atoms with van der Waals surface area (Å²) >= 11 is 0. The maximum atomic E-state index is 12.4. The van der Waals surface area contributed by atoms with Crippen LogP contribution in [0.25, 0.3) is 0 Å². The largest absolute Gasteiger partial charge is 0.376 e. The highest BCUT2D eigenvalue weighted by molar-refractivity contribution is 7.89. The lowest BCUT2D eigenvalue weighted by Crippen LogP contribution is -2.41. The highest BCUT2D eigenvalue weighted by Gasteiger charge is 2.20. The van der Waals surface area contributed by atoms with Crippen molar-refractivity contribution >= 4 is 10.0 Å². The Kier molecular flexibility index (Phi) is 4.82. The third kappa shape index (κ3) is 3.68. The molecule has 0 spiro atoms. The summed E-state index contributed by atoms with van der Waals surface area (Å²) < 4.78 is 33.1. The van der Waals surface area contributed by atoms with E-state index >= 15 is 0 Å². The molecule has 1 aliphatic carbocycles. The number of hydrogen-bond donors (Lipinski definition) is 1. The minimum atomic E-state index is -3.42. The average Bonchev–Trinajstić information content (AvgIpc) is 2.94. The van der Waals surface area contributed by atoms with Crippen LogP contribution in [0.3, 0.4) is 0 Å². The average molecular weight is 324 g/mol. The number of nitrogens with zero attached hydrogens (tertiary/aromatic N) is 1. The normalized spacial score (nSPS) is 22.7. The minimum Gasteiger partial charge on any atom is -0.376 e. The maximum absolute atomic E-state index is 12.4. The zero-order chi connectivity index (χ0) is 15.6. The van der Waals surface area contributed by atoms with Crippen molar-refractivity contribution < 1.29 is 13.2 Å². The highest BCUT2D eigenvalue weighted by Crippen LogP contribution is 2.24. The van der Waals surface area contributed by atoms with E-state index < -0.39 is 10.0 Å². The fraction of sp³-hybridized carbons (Fsp3) is 0.625.